The maximum Gasteiger partial charge on any atom is 0.253 e. The maximum atomic E-state index is 12.5. The molecule has 24 heavy (non-hydrogen) atoms. The van der Waals surface area contributed by atoms with Gasteiger partial charge in [0.2, 0.25) is 5.91 Å². The molecule has 2 aliphatic rings. The van der Waals surface area contributed by atoms with E-state index in [-0.39, 0.29) is 11.8 Å². The van der Waals surface area contributed by atoms with Gasteiger partial charge in [-0.15, -0.1) is 0 Å². The molecule has 1 aromatic rings. The number of piperazine rings is 1. The third kappa shape index (κ3) is 4.04. The molecule has 2 saturated heterocycles. The molecule has 2 N–H and O–H groups in total. The van der Waals surface area contributed by atoms with E-state index in [2.05, 4.69) is 4.90 Å². The van der Waals surface area contributed by atoms with Crippen LogP contribution in [0.5, 0.6) is 0 Å². The van der Waals surface area contributed by atoms with E-state index in [1.807, 2.05) is 4.90 Å². The summed E-state index contributed by atoms with van der Waals surface area (Å²) in [5, 5.41) is 0. The van der Waals surface area contributed by atoms with Gasteiger partial charge in [0.15, 0.2) is 0 Å². The molecule has 2 amide bonds. The topological polar surface area (TPSA) is 79.1 Å². The van der Waals surface area contributed by atoms with Crippen molar-refractivity contribution in [2.45, 2.75) is 0 Å². The zero-order valence-electron chi connectivity index (χ0n) is 13.8. The summed E-state index contributed by atoms with van der Waals surface area (Å²) in [7, 11) is 0. The van der Waals surface area contributed by atoms with Crippen LogP contribution < -0.4 is 5.73 Å². The van der Waals surface area contributed by atoms with Gasteiger partial charge >= 0.3 is 0 Å². The summed E-state index contributed by atoms with van der Waals surface area (Å²) < 4.78 is 5.30. The Bertz CT molecular complexity index is 576. The number of carbonyl (C=O) groups is 2. The van der Waals surface area contributed by atoms with E-state index in [4.69, 9.17) is 10.5 Å². The van der Waals surface area contributed by atoms with Crippen molar-refractivity contribution in [1.29, 1.82) is 0 Å². The summed E-state index contributed by atoms with van der Waals surface area (Å²) in [6.07, 6.45) is 0. The molecule has 0 radical (unpaired) electrons. The van der Waals surface area contributed by atoms with Gasteiger partial charge in [-0.25, -0.2) is 0 Å². The highest BCUT2D eigenvalue weighted by molar-refractivity contribution is 5.94. The van der Waals surface area contributed by atoms with Gasteiger partial charge < -0.3 is 20.3 Å². The van der Waals surface area contributed by atoms with Gasteiger partial charge in [0.1, 0.15) is 0 Å². The van der Waals surface area contributed by atoms with Crippen molar-refractivity contribution in [3.8, 4) is 0 Å². The number of nitrogens with zero attached hydrogens (tertiary/aromatic N) is 3. The first-order valence-corrected chi connectivity index (χ1v) is 8.36. The molecule has 0 atom stereocenters. The van der Waals surface area contributed by atoms with E-state index >= 15 is 0 Å². The smallest absolute Gasteiger partial charge is 0.253 e. The Labute approximate surface area is 141 Å². The number of ether oxygens (including phenoxy) is 1. The van der Waals surface area contributed by atoms with Gasteiger partial charge in [-0.2, -0.15) is 0 Å². The average molecular weight is 332 g/mol. The molecule has 0 aromatic heterocycles. The minimum atomic E-state index is -0.00437. The highest BCUT2D eigenvalue weighted by atomic mass is 16.5. The van der Waals surface area contributed by atoms with Crippen LogP contribution in [-0.4, -0.2) is 85.5 Å². The van der Waals surface area contributed by atoms with Crippen molar-refractivity contribution in [2.75, 3.05) is 64.8 Å². The van der Waals surface area contributed by atoms with Crippen molar-refractivity contribution < 1.29 is 14.3 Å². The van der Waals surface area contributed by atoms with Gasteiger partial charge in [0.25, 0.3) is 5.91 Å². The summed E-state index contributed by atoms with van der Waals surface area (Å²) in [5.74, 6) is 0.131. The van der Waals surface area contributed by atoms with Crippen molar-refractivity contribution >= 4 is 17.5 Å². The fraction of sp³-hybridized carbons (Fsp3) is 0.529. The van der Waals surface area contributed by atoms with Crippen molar-refractivity contribution in [2.24, 2.45) is 0 Å². The maximum absolute atomic E-state index is 12.5. The summed E-state index contributed by atoms with van der Waals surface area (Å²) in [4.78, 5) is 30.6. The molecule has 0 bridgehead atoms. The number of morpholine rings is 1. The van der Waals surface area contributed by atoms with E-state index in [0.29, 0.717) is 57.2 Å². The molecule has 3 rings (SSSR count). The Balaban J connectivity index is 1.48. The summed E-state index contributed by atoms with van der Waals surface area (Å²) in [6.45, 7) is 5.75. The molecule has 0 unspecified atom stereocenters. The number of nitrogens with two attached hydrogens (primary N) is 1. The zero-order chi connectivity index (χ0) is 16.9. The van der Waals surface area contributed by atoms with Crippen LogP contribution >= 0.6 is 0 Å². The zero-order valence-corrected chi connectivity index (χ0v) is 13.8. The number of carbonyl (C=O) groups excluding carboxylic acids is 2. The van der Waals surface area contributed by atoms with Crippen molar-refractivity contribution in [3.63, 3.8) is 0 Å². The monoisotopic (exact) mass is 332 g/mol. The number of hydrogen-bond acceptors (Lipinski definition) is 5. The molecular formula is C17H24N4O3. The second kappa shape index (κ2) is 7.63. The Hall–Kier alpha value is -2.12. The largest absolute Gasteiger partial charge is 0.399 e. The molecule has 2 aliphatic heterocycles. The van der Waals surface area contributed by atoms with E-state index in [9.17, 15) is 9.59 Å². The number of rotatable bonds is 3. The Morgan fingerprint density at radius 3 is 2.12 bits per heavy atom. The highest BCUT2D eigenvalue weighted by Crippen LogP contribution is 2.11. The molecule has 0 saturated carbocycles. The molecule has 7 nitrogen and oxygen atoms in total. The van der Waals surface area contributed by atoms with Gasteiger partial charge in [0.05, 0.1) is 19.8 Å². The van der Waals surface area contributed by atoms with Gasteiger partial charge in [0, 0.05) is 50.5 Å². The third-order valence-electron chi connectivity index (χ3n) is 4.54. The lowest BCUT2D eigenvalue weighted by molar-refractivity contribution is -0.134. The first-order chi connectivity index (χ1) is 11.6. The number of amides is 2. The fourth-order valence-electron chi connectivity index (χ4n) is 3.02. The predicted molar refractivity (Wildman–Crippen MR) is 90.6 cm³/mol. The first-order valence-electron chi connectivity index (χ1n) is 8.36. The van der Waals surface area contributed by atoms with Crippen LogP contribution in [-0.2, 0) is 9.53 Å². The molecule has 2 heterocycles. The van der Waals surface area contributed by atoms with Crippen LogP contribution in [0, 0.1) is 0 Å². The minimum Gasteiger partial charge on any atom is -0.399 e. The van der Waals surface area contributed by atoms with E-state index in [1.54, 1.807) is 29.2 Å². The van der Waals surface area contributed by atoms with Crippen LogP contribution in [0.15, 0.2) is 24.3 Å². The van der Waals surface area contributed by atoms with Gasteiger partial charge in [-0.05, 0) is 24.3 Å². The van der Waals surface area contributed by atoms with Gasteiger partial charge in [-0.1, -0.05) is 0 Å². The molecule has 0 spiro atoms. The summed E-state index contributed by atoms with van der Waals surface area (Å²) in [6, 6.07) is 6.95. The molecular weight excluding hydrogens is 308 g/mol. The quantitative estimate of drug-likeness (QED) is 0.781. The van der Waals surface area contributed by atoms with Crippen LogP contribution in [0.1, 0.15) is 10.4 Å². The number of anilines is 1. The molecule has 1 aromatic carbocycles. The lowest BCUT2D eigenvalue weighted by Gasteiger charge is -2.36. The van der Waals surface area contributed by atoms with E-state index in [0.717, 1.165) is 13.1 Å². The van der Waals surface area contributed by atoms with E-state index < -0.39 is 0 Å². The SMILES string of the molecule is Nc1ccc(C(=O)N2CCN(C(=O)CN3CCOCC3)CC2)cc1. The van der Waals surface area contributed by atoms with Crippen LogP contribution in [0.25, 0.3) is 0 Å². The standard InChI is InChI=1S/C17H24N4O3/c18-15-3-1-14(2-4-15)17(23)21-7-5-20(6-8-21)16(22)13-19-9-11-24-12-10-19/h1-4H,5-13,18H2. The second-order valence-corrected chi connectivity index (χ2v) is 6.18. The Kier molecular flexibility index (Phi) is 5.32. The molecule has 0 aliphatic carbocycles. The number of nitrogen functional groups attached to an aromatic ring is 1. The summed E-state index contributed by atoms with van der Waals surface area (Å²) in [5.41, 5.74) is 6.93. The lowest BCUT2D eigenvalue weighted by Crippen LogP contribution is -2.53. The number of hydrogen-bond donors (Lipinski definition) is 1. The highest BCUT2D eigenvalue weighted by Gasteiger charge is 2.26. The normalized spacial score (nSPS) is 19.3. The van der Waals surface area contributed by atoms with Crippen molar-refractivity contribution in [1.82, 2.24) is 14.7 Å². The average Bonchev–Trinajstić information content (AvgIpc) is 2.63. The first kappa shape index (κ1) is 16.7. The third-order valence-corrected chi connectivity index (χ3v) is 4.54. The Morgan fingerprint density at radius 1 is 0.917 bits per heavy atom. The molecule has 130 valence electrons. The predicted octanol–water partition coefficient (Wildman–Crippen LogP) is -0.115. The molecule has 7 heteroatoms. The van der Waals surface area contributed by atoms with Crippen molar-refractivity contribution in [3.05, 3.63) is 29.8 Å². The second-order valence-electron chi connectivity index (χ2n) is 6.18. The number of benzene rings is 1. The van der Waals surface area contributed by atoms with E-state index in [1.165, 1.54) is 0 Å². The minimum absolute atomic E-state index is 0.00437. The molecule has 2 fully saturated rings. The summed E-state index contributed by atoms with van der Waals surface area (Å²) >= 11 is 0. The lowest BCUT2D eigenvalue weighted by atomic mass is 10.1. The van der Waals surface area contributed by atoms with Crippen LogP contribution in [0.2, 0.25) is 0 Å². The fourth-order valence-corrected chi connectivity index (χ4v) is 3.02. The Morgan fingerprint density at radius 2 is 1.50 bits per heavy atom. The van der Waals surface area contributed by atoms with Crippen LogP contribution in [0.4, 0.5) is 5.69 Å². The van der Waals surface area contributed by atoms with Gasteiger partial charge in [-0.3, -0.25) is 14.5 Å². The van der Waals surface area contributed by atoms with Crippen LogP contribution in [0.3, 0.4) is 0 Å².